The molecular formula is C12H18Br2N2OS. The molecule has 18 heavy (non-hydrogen) atoms. The van der Waals surface area contributed by atoms with Gasteiger partial charge in [0.1, 0.15) is 0 Å². The normalized spacial score (nSPS) is 14.6. The second-order valence-electron chi connectivity index (χ2n) is 5.05. The zero-order valence-corrected chi connectivity index (χ0v) is 14.7. The maximum absolute atomic E-state index is 12.2. The Hall–Kier alpha value is 0.0900. The van der Waals surface area contributed by atoms with E-state index in [1.165, 1.54) is 11.3 Å². The first-order valence-electron chi connectivity index (χ1n) is 5.75. The number of rotatable bonds is 5. The number of halogens is 2. The largest absolute Gasteiger partial charge is 0.345 e. The van der Waals surface area contributed by atoms with Crippen molar-refractivity contribution >= 4 is 49.1 Å². The molecule has 0 bridgehead atoms. The van der Waals surface area contributed by atoms with Crippen LogP contribution in [0.2, 0.25) is 0 Å². The van der Waals surface area contributed by atoms with Crippen molar-refractivity contribution in [1.29, 1.82) is 0 Å². The number of carbonyl (C=O) groups excluding carboxylic acids is 1. The molecule has 0 aliphatic carbocycles. The number of carbonyl (C=O) groups is 1. The van der Waals surface area contributed by atoms with E-state index < -0.39 is 0 Å². The predicted octanol–water partition coefficient (Wildman–Crippen LogP) is 3.77. The Morgan fingerprint density at radius 1 is 1.56 bits per heavy atom. The summed E-state index contributed by atoms with van der Waals surface area (Å²) in [5, 5.41) is 3.04. The second-order valence-corrected chi connectivity index (χ2v) is 8.27. The average molecular weight is 398 g/mol. The summed E-state index contributed by atoms with van der Waals surface area (Å²) in [5.74, 6) is 0.417. The monoisotopic (exact) mass is 396 g/mol. The molecule has 0 saturated heterocycles. The third kappa shape index (κ3) is 4.33. The zero-order valence-electron chi connectivity index (χ0n) is 10.7. The van der Waals surface area contributed by atoms with Crippen LogP contribution in [-0.2, 0) is 0 Å². The molecule has 1 atom stereocenters. The van der Waals surface area contributed by atoms with E-state index in [1.807, 2.05) is 13.0 Å². The van der Waals surface area contributed by atoms with Gasteiger partial charge < -0.3 is 11.1 Å². The Kier molecular flexibility index (Phi) is 5.83. The number of thiophene rings is 1. The lowest BCUT2D eigenvalue weighted by Crippen LogP contribution is -2.52. The quantitative estimate of drug-likeness (QED) is 0.794. The van der Waals surface area contributed by atoms with Gasteiger partial charge in [0.15, 0.2) is 0 Å². The molecule has 0 spiro atoms. The van der Waals surface area contributed by atoms with Crippen LogP contribution in [0.15, 0.2) is 14.3 Å². The first-order chi connectivity index (χ1) is 8.27. The summed E-state index contributed by atoms with van der Waals surface area (Å²) in [7, 11) is 0. The first kappa shape index (κ1) is 16.1. The lowest BCUT2D eigenvalue weighted by molar-refractivity contribution is 0.0902. The molecule has 0 aromatic carbocycles. The van der Waals surface area contributed by atoms with Gasteiger partial charge in [0.05, 0.1) is 14.2 Å². The number of nitrogens with one attached hydrogen (secondary N) is 1. The van der Waals surface area contributed by atoms with Gasteiger partial charge in [-0.1, -0.05) is 13.8 Å². The Labute approximate surface area is 129 Å². The summed E-state index contributed by atoms with van der Waals surface area (Å²) < 4.78 is 1.82. The highest BCUT2D eigenvalue weighted by molar-refractivity contribution is 9.13. The van der Waals surface area contributed by atoms with Crippen LogP contribution in [0.25, 0.3) is 0 Å². The number of amides is 1. The van der Waals surface area contributed by atoms with Gasteiger partial charge in [-0.05, 0) is 57.2 Å². The molecule has 1 rings (SSSR count). The highest BCUT2D eigenvalue weighted by atomic mass is 79.9. The number of hydrogen-bond acceptors (Lipinski definition) is 3. The first-order valence-corrected chi connectivity index (χ1v) is 8.15. The van der Waals surface area contributed by atoms with Crippen molar-refractivity contribution in [1.82, 2.24) is 5.32 Å². The van der Waals surface area contributed by atoms with Gasteiger partial charge in [-0.15, -0.1) is 11.3 Å². The van der Waals surface area contributed by atoms with Gasteiger partial charge in [0, 0.05) is 11.0 Å². The van der Waals surface area contributed by atoms with E-state index in [2.05, 4.69) is 51.0 Å². The highest BCUT2D eigenvalue weighted by Crippen LogP contribution is 2.32. The van der Waals surface area contributed by atoms with Crippen LogP contribution in [0.5, 0.6) is 0 Å². The average Bonchev–Trinajstić information content (AvgIpc) is 2.58. The fourth-order valence-corrected chi connectivity index (χ4v) is 3.81. The Morgan fingerprint density at radius 3 is 2.56 bits per heavy atom. The van der Waals surface area contributed by atoms with E-state index in [4.69, 9.17) is 5.73 Å². The van der Waals surface area contributed by atoms with E-state index in [9.17, 15) is 4.79 Å². The minimum atomic E-state index is -0.353. The standard InChI is InChI=1S/C12H18Br2N2OS/c1-7(2)5-12(3,6-15)16-11(17)9-4-8(13)10(14)18-9/h4,7H,5-6,15H2,1-3H3,(H,16,17). The molecule has 3 N–H and O–H groups in total. The van der Waals surface area contributed by atoms with Gasteiger partial charge in [-0.3, -0.25) is 4.79 Å². The lowest BCUT2D eigenvalue weighted by atomic mass is 9.90. The van der Waals surface area contributed by atoms with Crippen molar-refractivity contribution in [3.05, 3.63) is 19.2 Å². The van der Waals surface area contributed by atoms with Crippen LogP contribution in [0.4, 0.5) is 0 Å². The van der Waals surface area contributed by atoms with Crippen molar-refractivity contribution < 1.29 is 4.79 Å². The molecule has 3 nitrogen and oxygen atoms in total. The minimum Gasteiger partial charge on any atom is -0.345 e. The smallest absolute Gasteiger partial charge is 0.261 e. The Morgan fingerprint density at radius 2 is 2.17 bits per heavy atom. The second kappa shape index (κ2) is 6.50. The summed E-state index contributed by atoms with van der Waals surface area (Å²) in [6.45, 7) is 6.67. The maximum atomic E-state index is 12.2. The fourth-order valence-electron chi connectivity index (χ4n) is 1.88. The number of nitrogens with two attached hydrogens (primary N) is 1. The van der Waals surface area contributed by atoms with Gasteiger partial charge in [-0.25, -0.2) is 0 Å². The highest BCUT2D eigenvalue weighted by Gasteiger charge is 2.27. The maximum Gasteiger partial charge on any atom is 0.261 e. The molecule has 1 aromatic heterocycles. The van der Waals surface area contributed by atoms with E-state index in [-0.39, 0.29) is 11.4 Å². The SMILES string of the molecule is CC(C)CC(C)(CN)NC(=O)c1cc(Br)c(Br)s1. The van der Waals surface area contributed by atoms with Crippen LogP contribution in [0, 0.1) is 5.92 Å². The van der Waals surface area contributed by atoms with E-state index in [0.717, 1.165) is 14.7 Å². The fraction of sp³-hybridized carbons (Fsp3) is 0.583. The molecule has 102 valence electrons. The summed E-state index contributed by atoms with van der Waals surface area (Å²) in [5.41, 5.74) is 5.43. The molecule has 6 heteroatoms. The summed E-state index contributed by atoms with van der Waals surface area (Å²) >= 11 is 8.18. The third-order valence-electron chi connectivity index (χ3n) is 2.59. The van der Waals surface area contributed by atoms with Gasteiger partial charge >= 0.3 is 0 Å². The lowest BCUT2D eigenvalue weighted by Gasteiger charge is -2.31. The molecule has 0 aliphatic heterocycles. The molecule has 1 aromatic rings. The zero-order chi connectivity index (χ0) is 13.9. The Bertz CT molecular complexity index is 414. The molecule has 0 fully saturated rings. The molecule has 0 radical (unpaired) electrons. The van der Waals surface area contributed by atoms with Crippen LogP contribution < -0.4 is 11.1 Å². The molecular weight excluding hydrogens is 380 g/mol. The van der Waals surface area contributed by atoms with E-state index in [0.29, 0.717) is 17.3 Å². The topological polar surface area (TPSA) is 55.1 Å². The van der Waals surface area contributed by atoms with Crippen molar-refractivity contribution in [2.24, 2.45) is 11.7 Å². The summed E-state index contributed by atoms with van der Waals surface area (Å²) in [6.07, 6.45) is 0.864. The molecule has 0 aliphatic rings. The van der Waals surface area contributed by atoms with Crippen LogP contribution >= 0.6 is 43.2 Å². The van der Waals surface area contributed by atoms with Crippen LogP contribution in [0.1, 0.15) is 36.9 Å². The van der Waals surface area contributed by atoms with E-state index >= 15 is 0 Å². The van der Waals surface area contributed by atoms with Crippen LogP contribution in [0.3, 0.4) is 0 Å². The minimum absolute atomic E-state index is 0.0694. The number of hydrogen-bond donors (Lipinski definition) is 2. The van der Waals surface area contributed by atoms with Gasteiger partial charge in [0.25, 0.3) is 5.91 Å². The molecule has 1 heterocycles. The Balaban J connectivity index is 2.79. The summed E-state index contributed by atoms with van der Waals surface area (Å²) in [6, 6.07) is 1.82. The third-order valence-corrected chi connectivity index (χ3v) is 5.85. The van der Waals surface area contributed by atoms with E-state index in [1.54, 1.807) is 0 Å². The molecule has 1 unspecified atom stereocenters. The van der Waals surface area contributed by atoms with Gasteiger partial charge in [-0.2, -0.15) is 0 Å². The molecule has 1 amide bonds. The van der Waals surface area contributed by atoms with Crippen molar-refractivity contribution in [2.75, 3.05) is 6.54 Å². The van der Waals surface area contributed by atoms with Crippen molar-refractivity contribution in [3.8, 4) is 0 Å². The van der Waals surface area contributed by atoms with Gasteiger partial charge in [0.2, 0.25) is 0 Å². The van der Waals surface area contributed by atoms with Crippen LogP contribution in [-0.4, -0.2) is 18.0 Å². The summed E-state index contributed by atoms with van der Waals surface area (Å²) in [4.78, 5) is 12.8. The predicted molar refractivity (Wildman–Crippen MR) is 84.1 cm³/mol. The molecule has 0 saturated carbocycles. The van der Waals surface area contributed by atoms with Crippen molar-refractivity contribution in [3.63, 3.8) is 0 Å². The van der Waals surface area contributed by atoms with Crippen molar-refractivity contribution in [2.45, 2.75) is 32.7 Å².